The van der Waals surface area contributed by atoms with Crippen LogP contribution >= 0.6 is 0 Å². The van der Waals surface area contributed by atoms with Gasteiger partial charge in [-0.25, -0.2) is 4.79 Å². The van der Waals surface area contributed by atoms with Crippen molar-refractivity contribution in [1.82, 2.24) is 10.6 Å². The molecule has 0 aromatic heterocycles. The third-order valence-corrected chi connectivity index (χ3v) is 2.95. The number of carbonyl (C=O) groups is 2. The highest BCUT2D eigenvalue weighted by atomic mass is 16.6. The van der Waals surface area contributed by atoms with Gasteiger partial charge < -0.3 is 20.5 Å². The van der Waals surface area contributed by atoms with E-state index in [9.17, 15) is 9.59 Å². The first kappa shape index (κ1) is 19.0. The molecule has 128 valence electrons. The zero-order valence-electron chi connectivity index (χ0n) is 14.1. The fourth-order valence-electron chi connectivity index (χ4n) is 1.90. The molecule has 0 unspecified atom stereocenters. The van der Waals surface area contributed by atoms with Crippen LogP contribution in [0.5, 0.6) is 0 Å². The molecule has 0 saturated heterocycles. The molecule has 0 spiro atoms. The van der Waals surface area contributed by atoms with Gasteiger partial charge in [0.1, 0.15) is 11.6 Å². The van der Waals surface area contributed by atoms with Crippen molar-refractivity contribution in [3.05, 3.63) is 35.9 Å². The standard InChI is InChI=1S/C17H26N2O4/c1-12(11-20)18-15(21)14(10-13-8-6-5-7-9-13)19-16(22)23-17(2,3)4/h5-9,12,14,20H,10-11H2,1-4H3,(H,18,21)(H,19,22)/t12-,14-/m0/s1. The van der Waals surface area contributed by atoms with Gasteiger partial charge in [-0.2, -0.15) is 0 Å². The van der Waals surface area contributed by atoms with Crippen LogP contribution in [0.4, 0.5) is 4.79 Å². The number of hydrogen-bond donors (Lipinski definition) is 3. The monoisotopic (exact) mass is 322 g/mol. The summed E-state index contributed by atoms with van der Waals surface area (Å²) in [5.41, 5.74) is 0.274. The lowest BCUT2D eigenvalue weighted by molar-refractivity contribution is -0.124. The average molecular weight is 322 g/mol. The molecule has 0 radical (unpaired) electrons. The van der Waals surface area contributed by atoms with Gasteiger partial charge in [0.2, 0.25) is 5.91 Å². The summed E-state index contributed by atoms with van der Waals surface area (Å²) in [6.07, 6.45) is -0.311. The van der Waals surface area contributed by atoms with Gasteiger partial charge in [-0.1, -0.05) is 30.3 Å². The second-order valence-corrected chi connectivity index (χ2v) is 6.48. The minimum absolute atomic E-state index is 0.170. The number of rotatable bonds is 6. The van der Waals surface area contributed by atoms with Gasteiger partial charge in [-0.05, 0) is 33.3 Å². The van der Waals surface area contributed by atoms with Crippen molar-refractivity contribution in [2.45, 2.75) is 51.8 Å². The Morgan fingerprint density at radius 2 is 1.78 bits per heavy atom. The summed E-state index contributed by atoms with van der Waals surface area (Å²) >= 11 is 0. The minimum Gasteiger partial charge on any atom is -0.444 e. The Balaban J connectivity index is 2.79. The second-order valence-electron chi connectivity index (χ2n) is 6.48. The SMILES string of the molecule is C[C@@H](CO)NC(=O)[C@H](Cc1ccccc1)NC(=O)OC(C)(C)C. The molecular weight excluding hydrogens is 296 g/mol. The van der Waals surface area contributed by atoms with Crippen molar-refractivity contribution in [2.75, 3.05) is 6.61 Å². The van der Waals surface area contributed by atoms with E-state index in [1.807, 2.05) is 30.3 Å². The van der Waals surface area contributed by atoms with E-state index in [1.165, 1.54) is 0 Å². The van der Waals surface area contributed by atoms with Crippen molar-refractivity contribution >= 4 is 12.0 Å². The highest BCUT2D eigenvalue weighted by Gasteiger charge is 2.25. The van der Waals surface area contributed by atoms with Crippen molar-refractivity contribution in [3.63, 3.8) is 0 Å². The number of ether oxygens (including phenoxy) is 1. The van der Waals surface area contributed by atoms with Crippen molar-refractivity contribution in [1.29, 1.82) is 0 Å². The first-order valence-corrected chi connectivity index (χ1v) is 7.66. The largest absolute Gasteiger partial charge is 0.444 e. The highest BCUT2D eigenvalue weighted by molar-refractivity contribution is 5.86. The van der Waals surface area contributed by atoms with E-state index in [0.29, 0.717) is 6.42 Å². The van der Waals surface area contributed by atoms with Crippen LogP contribution in [0.3, 0.4) is 0 Å². The number of aliphatic hydroxyl groups is 1. The van der Waals surface area contributed by atoms with Gasteiger partial charge in [0, 0.05) is 12.5 Å². The molecule has 6 nitrogen and oxygen atoms in total. The van der Waals surface area contributed by atoms with E-state index in [-0.39, 0.29) is 18.6 Å². The lowest BCUT2D eigenvalue weighted by Crippen LogP contribution is -2.51. The summed E-state index contributed by atoms with van der Waals surface area (Å²) in [5.74, 6) is -0.360. The maximum absolute atomic E-state index is 12.3. The Hall–Kier alpha value is -2.08. The van der Waals surface area contributed by atoms with Crippen LogP contribution in [0.25, 0.3) is 0 Å². The molecule has 2 atom stereocenters. The number of hydrogen-bond acceptors (Lipinski definition) is 4. The molecule has 0 saturated carbocycles. The summed E-state index contributed by atoms with van der Waals surface area (Å²) in [5, 5.41) is 14.3. The topological polar surface area (TPSA) is 87.7 Å². The van der Waals surface area contributed by atoms with Crippen molar-refractivity contribution in [3.8, 4) is 0 Å². The van der Waals surface area contributed by atoms with Gasteiger partial charge in [0.25, 0.3) is 0 Å². The summed E-state index contributed by atoms with van der Waals surface area (Å²) in [6.45, 7) is 6.78. The number of aliphatic hydroxyl groups excluding tert-OH is 1. The van der Waals surface area contributed by atoms with E-state index in [1.54, 1.807) is 27.7 Å². The van der Waals surface area contributed by atoms with Gasteiger partial charge >= 0.3 is 6.09 Å². The Kier molecular flexibility index (Phi) is 7.03. The average Bonchev–Trinajstić information content (AvgIpc) is 2.45. The molecule has 1 aromatic rings. The lowest BCUT2D eigenvalue weighted by Gasteiger charge is -2.24. The molecule has 0 aliphatic rings. The predicted octanol–water partition coefficient (Wildman–Crippen LogP) is 1.62. The zero-order valence-corrected chi connectivity index (χ0v) is 14.1. The van der Waals surface area contributed by atoms with E-state index in [2.05, 4.69) is 10.6 Å². The first-order chi connectivity index (χ1) is 10.7. The van der Waals surface area contributed by atoms with E-state index in [4.69, 9.17) is 9.84 Å². The Morgan fingerprint density at radius 1 is 1.17 bits per heavy atom. The van der Waals surface area contributed by atoms with Crippen LogP contribution in [0.1, 0.15) is 33.3 Å². The Bertz CT molecular complexity index is 511. The predicted molar refractivity (Wildman–Crippen MR) is 88.0 cm³/mol. The number of carbonyl (C=O) groups excluding carboxylic acids is 2. The Labute approximate surface area is 137 Å². The van der Waals surface area contributed by atoms with Gasteiger partial charge in [0.05, 0.1) is 6.61 Å². The molecule has 0 aliphatic heterocycles. The second kappa shape index (κ2) is 8.53. The minimum atomic E-state index is -0.777. The first-order valence-electron chi connectivity index (χ1n) is 7.66. The van der Waals surface area contributed by atoms with Crippen molar-refractivity contribution in [2.24, 2.45) is 0 Å². The third kappa shape index (κ3) is 7.65. The zero-order chi connectivity index (χ0) is 17.5. The van der Waals surface area contributed by atoms with E-state index < -0.39 is 17.7 Å². The number of benzene rings is 1. The molecule has 0 fully saturated rings. The molecule has 0 aliphatic carbocycles. The maximum Gasteiger partial charge on any atom is 0.408 e. The fourth-order valence-corrected chi connectivity index (χ4v) is 1.90. The molecule has 3 N–H and O–H groups in total. The molecular formula is C17H26N2O4. The van der Waals surface area contributed by atoms with Crippen LogP contribution in [0.2, 0.25) is 0 Å². The fraction of sp³-hybridized carbons (Fsp3) is 0.529. The third-order valence-electron chi connectivity index (χ3n) is 2.95. The molecule has 6 heteroatoms. The van der Waals surface area contributed by atoms with Crippen LogP contribution in [0.15, 0.2) is 30.3 Å². The van der Waals surface area contributed by atoms with Gasteiger partial charge in [0.15, 0.2) is 0 Å². The lowest BCUT2D eigenvalue weighted by atomic mass is 10.1. The normalized spacial score (nSPS) is 13.8. The van der Waals surface area contributed by atoms with Crippen molar-refractivity contribution < 1.29 is 19.4 Å². The smallest absolute Gasteiger partial charge is 0.408 e. The molecule has 23 heavy (non-hydrogen) atoms. The van der Waals surface area contributed by atoms with Crippen LogP contribution in [-0.4, -0.2) is 41.4 Å². The highest BCUT2D eigenvalue weighted by Crippen LogP contribution is 2.08. The van der Waals surface area contributed by atoms with E-state index >= 15 is 0 Å². The number of amides is 2. The van der Waals surface area contributed by atoms with E-state index in [0.717, 1.165) is 5.56 Å². The molecule has 1 aromatic carbocycles. The summed E-state index contributed by atoms with van der Waals surface area (Å²) in [6, 6.07) is 8.22. The summed E-state index contributed by atoms with van der Waals surface area (Å²) in [7, 11) is 0. The molecule has 0 bridgehead atoms. The number of alkyl carbamates (subject to hydrolysis) is 1. The van der Waals surface area contributed by atoms with Gasteiger partial charge in [-0.15, -0.1) is 0 Å². The quantitative estimate of drug-likeness (QED) is 0.742. The van der Waals surface area contributed by atoms with Crippen LogP contribution < -0.4 is 10.6 Å². The van der Waals surface area contributed by atoms with Crippen LogP contribution in [-0.2, 0) is 16.0 Å². The maximum atomic E-state index is 12.3. The molecule has 0 heterocycles. The summed E-state index contributed by atoms with van der Waals surface area (Å²) in [4.78, 5) is 24.3. The van der Waals surface area contributed by atoms with Crippen LogP contribution in [0, 0.1) is 0 Å². The summed E-state index contributed by atoms with van der Waals surface area (Å²) < 4.78 is 5.21. The Morgan fingerprint density at radius 3 is 2.30 bits per heavy atom. The molecule has 1 rings (SSSR count). The molecule has 2 amide bonds. The number of nitrogens with one attached hydrogen (secondary N) is 2. The van der Waals surface area contributed by atoms with Gasteiger partial charge in [-0.3, -0.25) is 4.79 Å².